The maximum Gasteiger partial charge on any atom is 0.251 e. The molecule has 27 heavy (non-hydrogen) atoms. The highest BCUT2D eigenvalue weighted by molar-refractivity contribution is 5.95. The van der Waals surface area contributed by atoms with Gasteiger partial charge in [-0.15, -0.1) is 0 Å². The molecule has 6 nitrogen and oxygen atoms in total. The highest BCUT2D eigenvalue weighted by atomic mass is 16.3. The molecule has 6 heteroatoms. The van der Waals surface area contributed by atoms with Gasteiger partial charge >= 0.3 is 0 Å². The summed E-state index contributed by atoms with van der Waals surface area (Å²) in [5, 5.41) is 17.5. The molecule has 1 amide bonds. The zero-order chi connectivity index (χ0) is 18.8. The van der Waals surface area contributed by atoms with E-state index in [0.29, 0.717) is 12.0 Å². The third-order valence-electron chi connectivity index (χ3n) is 4.95. The van der Waals surface area contributed by atoms with Gasteiger partial charge in [0.15, 0.2) is 5.82 Å². The average molecular weight is 362 g/mol. The molecule has 0 saturated carbocycles. The number of aliphatic hydroxyl groups is 1. The highest BCUT2D eigenvalue weighted by Gasteiger charge is 2.32. The maximum atomic E-state index is 12.7. The summed E-state index contributed by atoms with van der Waals surface area (Å²) in [6.07, 6.45) is 2.48. The minimum absolute atomic E-state index is 0.197. The lowest BCUT2D eigenvalue weighted by Crippen LogP contribution is -2.33. The molecule has 4 rings (SSSR count). The lowest BCUT2D eigenvalue weighted by Gasteiger charge is -2.18. The van der Waals surface area contributed by atoms with Gasteiger partial charge in [-0.2, -0.15) is 5.10 Å². The molecule has 0 fully saturated rings. The number of benzene rings is 2. The number of aromatic nitrogens is 3. The molecule has 0 radical (unpaired) electrons. The summed E-state index contributed by atoms with van der Waals surface area (Å²) in [5.74, 6) is 0.598. The van der Waals surface area contributed by atoms with Crippen LogP contribution in [0.3, 0.4) is 0 Å². The van der Waals surface area contributed by atoms with E-state index in [-0.39, 0.29) is 11.9 Å². The minimum atomic E-state index is -0.599. The molecule has 2 N–H and O–H groups in total. The maximum absolute atomic E-state index is 12.7. The topological polar surface area (TPSA) is 80.0 Å². The van der Waals surface area contributed by atoms with Gasteiger partial charge < -0.3 is 10.4 Å². The first-order valence-corrected chi connectivity index (χ1v) is 9.22. The van der Waals surface area contributed by atoms with Crippen molar-refractivity contribution in [2.75, 3.05) is 0 Å². The van der Waals surface area contributed by atoms with Crippen molar-refractivity contribution in [3.05, 3.63) is 71.5 Å². The van der Waals surface area contributed by atoms with Crippen LogP contribution >= 0.6 is 0 Å². The first-order chi connectivity index (χ1) is 13.2. The summed E-state index contributed by atoms with van der Waals surface area (Å²) in [6.45, 7) is 2.89. The van der Waals surface area contributed by atoms with E-state index in [1.807, 2.05) is 41.1 Å². The molecular weight excluding hydrogens is 340 g/mol. The fourth-order valence-corrected chi connectivity index (χ4v) is 3.61. The summed E-state index contributed by atoms with van der Waals surface area (Å²) in [4.78, 5) is 17.0. The van der Waals surface area contributed by atoms with Crippen molar-refractivity contribution in [1.82, 2.24) is 20.1 Å². The number of carbonyl (C=O) groups excluding carboxylic acids is 1. The van der Waals surface area contributed by atoms with Gasteiger partial charge in [0, 0.05) is 24.1 Å². The van der Waals surface area contributed by atoms with Gasteiger partial charge in [-0.25, -0.2) is 9.67 Å². The first-order valence-electron chi connectivity index (χ1n) is 9.22. The van der Waals surface area contributed by atoms with Gasteiger partial charge in [-0.3, -0.25) is 4.79 Å². The molecule has 2 atom stereocenters. The van der Waals surface area contributed by atoms with Crippen molar-refractivity contribution >= 4 is 5.91 Å². The van der Waals surface area contributed by atoms with Crippen molar-refractivity contribution in [2.24, 2.45) is 0 Å². The van der Waals surface area contributed by atoms with E-state index in [2.05, 4.69) is 22.3 Å². The van der Waals surface area contributed by atoms with Crippen LogP contribution in [0.2, 0.25) is 0 Å². The van der Waals surface area contributed by atoms with E-state index >= 15 is 0 Å². The Morgan fingerprint density at radius 2 is 2.00 bits per heavy atom. The van der Waals surface area contributed by atoms with Crippen LogP contribution in [0.1, 0.15) is 40.9 Å². The summed E-state index contributed by atoms with van der Waals surface area (Å²) in [6, 6.07) is 14.8. The number of hydrogen-bond acceptors (Lipinski definition) is 4. The molecule has 0 saturated heterocycles. The van der Waals surface area contributed by atoms with Crippen LogP contribution in [0.15, 0.2) is 54.9 Å². The molecule has 0 bridgehead atoms. The van der Waals surface area contributed by atoms with Crippen molar-refractivity contribution < 1.29 is 9.90 Å². The second-order valence-corrected chi connectivity index (χ2v) is 6.81. The largest absolute Gasteiger partial charge is 0.390 e. The Labute approximate surface area is 157 Å². The van der Waals surface area contributed by atoms with Crippen molar-refractivity contribution in [2.45, 2.75) is 38.5 Å². The molecular formula is C21H22N4O2. The second-order valence-electron chi connectivity index (χ2n) is 6.81. The Morgan fingerprint density at radius 1 is 1.22 bits per heavy atom. The normalized spacial score (nSPS) is 18.3. The summed E-state index contributed by atoms with van der Waals surface area (Å²) in [5.41, 5.74) is 3.55. The number of nitrogens with one attached hydrogen (secondary N) is 1. The third kappa shape index (κ3) is 3.36. The van der Waals surface area contributed by atoms with Gasteiger partial charge in [0.25, 0.3) is 5.91 Å². The monoisotopic (exact) mass is 362 g/mol. The molecule has 0 unspecified atom stereocenters. The van der Waals surface area contributed by atoms with E-state index < -0.39 is 6.10 Å². The molecule has 1 aromatic heterocycles. The number of aliphatic hydroxyl groups excluding tert-OH is 1. The van der Waals surface area contributed by atoms with Crippen LogP contribution in [-0.4, -0.2) is 31.9 Å². The van der Waals surface area contributed by atoms with Crippen LogP contribution in [0.4, 0.5) is 0 Å². The zero-order valence-electron chi connectivity index (χ0n) is 15.2. The van der Waals surface area contributed by atoms with Crippen LogP contribution in [-0.2, 0) is 13.0 Å². The summed E-state index contributed by atoms with van der Waals surface area (Å²) in [7, 11) is 0. The van der Waals surface area contributed by atoms with Gasteiger partial charge in [-0.1, -0.05) is 43.3 Å². The lowest BCUT2D eigenvalue weighted by molar-refractivity contribution is 0.0858. The molecule has 138 valence electrons. The number of carbonyl (C=O) groups is 1. The predicted molar refractivity (Wildman–Crippen MR) is 102 cm³/mol. The van der Waals surface area contributed by atoms with E-state index in [1.54, 1.807) is 18.5 Å². The number of fused-ring (bicyclic) bond motifs is 1. The highest BCUT2D eigenvalue weighted by Crippen LogP contribution is 2.31. The van der Waals surface area contributed by atoms with Crippen molar-refractivity contribution in [1.29, 1.82) is 0 Å². The molecule has 0 spiro atoms. The number of aryl methyl sites for hydroxylation is 1. The molecule has 3 aromatic rings. The van der Waals surface area contributed by atoms with Gasteiger partial charge in [-0.05, 0) is 29.7 Å². The summed E-state index contributed by atoms with van der Waals surface area (Å²) < 4.78 is 1.86. The first kappa shape index (κ1) is 17.4. The van der Waals surface area contributed by atoms with Crippen LogP contribution in [0.25, 0.3) is 11.4 Å². The SMILES string of the molecule is CCCn1ncnc1-c1ccc(C(=O)N[C@H]2c3ccccc3C[C@H]2O)cc1. The van der Waals surface area contributed by atoms with Gasteiger partial charge in [0.05, 0.1) is 12.1 Å². The van der Waals surface area contributed by atoms with E-state index in [0.717, 1.165) is 35.5 Å². The lowest BCUT2D eigenvalue weighted by atomic mass is 10.1. The Morgan fingerprint density at radius 3 is 2.78 bits per heavy atom. The van der Waals surface area contributed by atoms with Gasteiger partial charge in [0.1, 0.15) is 6.33 Å². The number of nitrogens with zero attached hydrogens (tertiary/aromatic N) is 3. The smallest absolute Gasteiger partial charge is 0.251 e. The number of amides is 1. The van der Waals surface area contributed by atoms with Gasteiger partial charge in [0.2, 0.25) is 0 Å². The Balaban J connectivity index is 1.51. The zero-order valence-corrected chi connectivity index (χ0v) is 15.2. The predicted octanol–water partition coefficient (Wildman–Crippen LogP) is 2.74. The Kier molecular flexibility index (Phi) is 4.73. The summed E-state index contributed by atoms with van der Waals surface area (Å²) >= 11 is 0. The van der Waals surface area contributed by atoms with E-state index in [1.165, 1.54) is 0 Å². The quantitative estimate of drug-likeness (QED) is 0.731. The second kappa shape index (κ2) is 7.32. The average Bonchev–Trinajstić information content (AvgIpc) is 3.27. The molecule has 1 heterocycles. The van der Waals surface area contributed by atoms with Crippen LogP contribution < -0.4 is 5.32 Å². The van der Waals surface area contributed by atoms with Crippen molar-refractivity contribution in [3.63, 3.8) is 0 Å². The van der Waals surface area contributed by atoms with E-state index in [9.17, 15) is 9.90 Å². The molecule has 2 aromatic carbocycles. The molecule has 1 aliphatic carbocycles. The standard InChI is InChI=1S/C21H22N4O2/c1-2-11-25-20(22-13-23-25)14-7-9-15(10-8-14)21(27)24-19-17-6-4-3-5-16(17)12-18(19)26/h3-10,13,18-19,26H,2,11-12H2,1H3,(H,24,27)/t18-,19+/m1/s1. The Hall–Kier alpha value is -2.99. The fourth-order valence-electron chi connectivity index (χ4n) is 3.61. The molecule has 1 aliphatic rings. The minimum Gasteiger partial charge on any atom is -0.390 e. The number of rotatable bonds is 5. The van der Waals surface area contributed by atoms with Crippen LogP contribution in [0.5, 0.6) is 0 Å². The Bertz CT molecular complexity index is 949. The fraction of sp³-hybridized carbons (Fsp3) is 0.286. The van der Waals surface area contributed by atoms with Crippen LogP contribution in [0, 0.1) is 0 Å². The van der Waals surface area contributed by atoms with Crippen molar-refractivity contribution in [3.8, 4) is 11.4 Å². The third-order valence-corrected chi connectivity index (χ3v) is 4.95. The molecule has 0 aliphatic heterocycles. The van der Waals surface area contributed by atoms with E-state index in [4.69, 9.17) is 0 Å². The number of hydrogen-bond donors (Lipinski definition) is 2.